The van der Waals surface area contributed by atoms with E-state index in [0.717, 1.165) is 18.8 Å². The van der Waals surface area contributed by atoms with Crippen molar-refractivity contribution in [3.05, 3.63) is 70.3 Å². The molecule has 0 fully saturated rings. The van der Waals surface area contributed by atoms with Crippen LogP contribution in [0.5, 0.6) is 0 Å². The molecule has 0 N–H and O–H groups in total. The quantitative estimate of drug-likeness (QED) is 0.764. The van der Waals surface area contributed by atoms with E-state index in [9.17, 15) is 0 Å². The fourth-order valence-corrected chi connectivity index (χ4v) is 4.05. The van der Waals surface area contributed by atoms with Gasteiger partial charge in [0.1, 0.15) is 0 Å². The van der Waals surface area contributed by atoms with Gasteiger partial charge in [0.15, 0.2) is 0 Å². The summed E-state index contributed by atoms with van der Waals surface area (Å²) in [6.07, 6.45) is 1.23. The Balaban J connectivity index is 1.64. The van der Waals surface area contributed by atoms with Gasteiger partial charge < -0.3 is 4.74 Å². The zero-order chi connectivity index (χ0) is 12.7. The summed E-state index contributed by atoms with van der Waals surface area (Å²) in [5.74, 6) is 2.33. The third-order valence-electron chi connectivity index (χ3n) is 4.08. The molecule has 96 valence electrons. The van der Waals surface area contributed by atoms with Gasteiger partial charge in [-0.15, -0.1) is 0 Å². The molecule has 0 aromatic heterocycles. The minimum absolute atomic E-state index is 0.228. The summed E-state index contributed by atoms with van der Waals surface area (Å²) in [7, 11) is 0. The van der Waals surface area contributed by atoms with E-state index in [1.165, 1.54) is 33.6 Å². The van der Waals surface area contributed by atoms with Crippen LogP contribution in [0.4, 0.5) is 0 Å². The fraction of sp³-hybridized carbons (Fsp3) is 0.294. The summed E-state index contributed by atoms with van der Waals surface area (Å²) in [5, 5.41) is 0. The molecule has 19 heavy (non-hydrogen) atoms. The van der Waals surface area contributed by atoms with Crippen LogP contribution in [0.2, 0.25) is 0 Å². The zero-order valence-corrected chi connectivity index (χ0v) is 11.6. The highest BCUT2D eigenvalue weighted by atomic mass is 32.2. The topological polar surface area (TPSA) is 9.23 Å². The van der Waals surface area contributed by atoms with Gasteiger partial charge in [0, 0.05) is 17.9 Å². The highest BCUT2D eigenvalue weighted by Crippen LogP contribution is 2.35. The lowest BCUT2D eigenvalue weighted by molar-refractivity contribution is 0.0274. The molecule has 2 aliphatic rings. The lowest BCUT2D eigenvalue weighted by Crippen LogP contribution is -2.15. The van der Waals surface area contributed by atoms with Crippen molar-refractivity contribution in [2.75, 3.05) is 0 Å². The van der Waals surface area contributed by atoms with Crippen molar-refractivity contribution in [2.45, 2.75) is 30.6 Å². The maximum Gasteiger partial charge on any atom is 0.0870 e. The summed E-state index contributed by atoms with van der Waals surface area (Å²) < 4.78 is 6.04. The molecule has 1 unspecified atom stereocenters. The van der Waals surface area contributed by atoms with Gasteiger partial charge >= 0.3 is 0 Å². The largest absolute Gasteiger partial charge is 0.368 e. The van der Waals surface area contributed by atoms with Gasteiger partial charge in [-0.05, 0) is 27.8 Å². The van der Waals surface area contributed by atoms with Gasteiger partial charge in [-0.3, -0.25) is 0 Å². The number of hydrogen-bond acceptors (Lipinski definition) is 2. The fourth-order valence-electron chi connectivity index (χ4n) is 2.95. The van der Waals surface area contributed by atoms with Gasteiger partial charge in [-0.2, -0.15) is 11.8 Å². The maximum atomic E-state index is 6.04. The van der Waals surface area contributed by atoms with Crippen LogP contribution in [-0.2, 0) is 29.3 Å². The first-order valence-electron chi connectivity index (χ1n) is 6.78. The summed E-state index contributed by atoms with van der Waals surface area (Å²) in [4.78, 5) is 0. The van der Waals surface area contributed by atoms with E-state index in [-0.39, 0.29) is 6.10 Å². The third kappa shape index (κ3) is 2.09. The number of rotatable bonds is 1. The van der Waals surface area contributed by atoms with Crippen LogP contribution in [0.1, 0.15) is 33.9 Å². The van der Waals surface area contributed by atoms with Gasteiger partial charge in [0.2, 0.25) is 0 Å². The molecule has 2 aliphatic heterocycles. The first-order valence-corrected chi connectivity index (χ1v) is 7.93. The molecule has 0 aliphatic carbocycles. The molecule has 2 aromatic rings. The predicted octanol–water partition coefficient (Wildman–Crippen LogP) is 4.25. The molecule has 2 heterocycles. The highest BCUT2D eigenvalue weighted by Gasteiger charge is 2.22. The van der Waals surface area contributed by atoms with Crippen LogP contribution >= 0.6 is 11.8 Å². The molecule has 0 radical (unpaired) electrons. The number of thioether (sulfide) groups is 1. The van der Waals surface area contributed by atoms with Gasteiger partial charge in [-0.1, -0.05) is 42.5 Å². The molecule has 1 atom stereocenters. The molecule has 0 spiro atoms. The van der Waals surface area contributed by atoms with Crippen molar-refractivity contribution < 1.29 is 4.74 Å². The van der Waals surface area contributed by atoms with Crippen LogP contribution in [0, 0.1) is 0 Å². The van der Waals surface area contributed by atoms with Crippen LogP contribution in [-0.4, -0.2) is 0 Å². The molecule has 2 heteroatoms. The standard InChI is InChI=1S/C17H16OS/c1-2-4-14-9-18-17(8-12(14)3-1)13-5-6-15-10-19-11-16(15)7-13/h1-7,17H,8-11H2. The van der Waals surface area contributed by atoms with Gasteiger partial charge in [0.05, 0.1) is 12.7 Å². The molecule has 2 aromatic carbocycles. The Hall–Kier alpha value is -1.25. The monoisotopic (exact) mass is 268 g/mol. The molecule has 1 nitrogen and oxygen atoms in total. The number of ether oxygens (including phenoxy) is 1. The number of fused-ring (bicyclic) bond motifs is 2. The normalized spacial score (nSPS) is 20.9. The Morgan fingerprint density at radius 1 is 0.895 bits per heavy atom. The molecule has 0 amide bonds. The summed E-state index contributed by atoms with van der Waals surface area (Å²) in [6, 6.07) is 15.5. The number of benzene rings is 2. The molecule has 4 rings (SSSR count). The Morgan fingerprint density at radius 3 is 2.68 bits per heavy atom. The van der Waals surface area contributed by atoms with E-state index in [1.807, 2.05) is 11.8 Å². The third-order valence-corrected chi connectivity index (χ3v) is 5.11. The SMILES string of the molecule is c1ccc2c(c1)COC(c1ccc3c(c1)CSC3)C2. The van der Waals surface area contributed by atoms with Crippen LogP contribution in [0.3, 0.4) is 0 Å². The smallest absolute Gasteiger partial charge is 0.0870 e. The average molecular weight is 268 g/mol. The van der Waals surface area contributed by atoms with Crippen LogP contribution in [0.15, 0.2) is 42.5 Å². The first-order chi connectivity index (χ1) is 9.40. The Morgan fingerprint density at radius 2 is 1.74 bits per heavy atom. The Bertz CT molecular complexity index is 620. The second-order valence-electron chi connectivity index (χ2n) is 5.29. The Labute approximate surface area is 118 Å². The van der Waals surface area contributed by atoms with E-state index in [2.05, 4.69) is 42.5 Å². The van der Waals surface area contributed by atoms with E-state index in [0.29, 0.717) is 0 Å². The average Bonchev–Trinajstić information content (AvgIpc) is 2.94. The first kappa shape index (κ1) is 11.6. The molecular weight excluding hydrogens is 252 g/mol. The summed E-state index contributed by atoms with van der Waals surface area (Å²) in [6.45, 7) is 0.743. The van der Waals surface area contributed by atoms with E-state index < -0.39 is 0 Å². The minimum Gasteiger partial charge on any atom is -0.368 e. The van der Waals surface area contributed by atoms with Crippen LogP contribution in [0.25, 0.3) is 0 Å². The lowest BCUT2D eigenvalue weighted by Gasteiger charge is -2.26. The van der Waals surface area contributed by atoms with Crippen LogP contribution < -0.4 is 0 Å². The van der Waals surface area contributed by atoms with E-state index in [4.69, 9.17) is 4.74 Å². The second-order valence-corrected chi connectivity index (χ2v) is 6.28. The van der Waals surface area contributed by atoms with Crippen molar-refractivity contribution in [1.82, 2.24) is 0 Å². The lowest BCUT2D eigenvalue weighted by atomic mass is 9.93. The van der Waals surface area contributed by atoms with E-state index >= 15 is 0 Å². The van der Waals surface area contributed by atoms with Crippen molar-refractivity contribution in [3.8, 4) is 0 Å². The Kier molecular flexibility index (Phi) is 2.86. The second kappa shape index (κ2) is 4.69. The van der Waals surface area contributed by atoms with Gasteiger partial charge in [0.25, 0.3) is 0 Å². The summed E-state index contributed by atoms with van der Waals surface area (Å²) >= 11 is 2.01. The van der Waals surface area contributed by atoms with Crippen molar-refractivity contribution in [3.63, 3.8) is 0 Å². The molecule has 0 saturated heterocycles. The molecule has 0 bridgehead atoms. The highest BCUT2D eigenvalue weighted by molar-refractivity contribution is 7.98. The van der Waals surface area contributed by atoms with Crippen molar-refractivity contribution >= 4 is 11.8 Å². The van der Waals surface area contributed by atoms with E-state index in [1.54, 1.807) is 0 Å². The number of hydrogen-bond donors (Lipinski definition) is 0. The predicted molar refractivity (Wildman–Crippen MR) is 79.1 cm³/mol. The van der Waals surface area contributed by atoms with Crippen molar-refractivity contribution in [2.24, 2.45) is 0 Å². The summed E-state index contributed by atoms with van der Waals surface area (Å²) in [5.41, 5.74) is 7.13. The molecule has 0 saturated carbocycles. The van der Waals surface area contributed by atoms with Gasteiger partial charge in [-0.25, -0.2) is 0 Å². The maximum absolute atomic E-state index is 6.04. The molecular formula is C17H16OS. The zero-order valence-electron chi connectivity index (χ0n) is 10.8. The van der Waals surface area contributed by atoms with Crippen molar-refractivity contribution in [1.29, 1.82) is 0 Å². The minimum atomic E-state index is 0.228.